The topological polar surface area (TPSA) is 69.4 Å². The number of benzene rings is 1. The molecule has 76 valence electrons. The molecule has 0 bridgehead atoms. The van der Waals surface area contributed by atoms with Gasteiger partial charge < -0.3 is 10.5 Å². The molecule has 0 aliphatic heterocycles. The van der Waals surface area contributed by atoms with Gasteiger partial charge in [0.25, 0.3) is 0 Å². The molecule has 0 unspecified atom stereocenters. The molecule has 1 atom stereocenters. The number of nitrogens with two attached hydrogens (primary N) is 1. The van der Waals surface area contributed by atoms with Crippen LogP contribution in [0, 0.1) is 0 Å². The summed E-state index contributed by atoms with van der Waals surface area (Å²) in [5.41, 5.74) is 6.41. The van der Waals surface area contributed by atoms with Gasteiger partial charge in [0.15, 0.2) is 0 Å². The lowest BCUT2D eigenvalue weighted by Crippen LogP contribution is -2.35. The minimum Gasteiger partial charge on any atom is -0.403 e. The standard InChI is InChI=1S/C10H10BNO3/c11-10(14)15-9(13)8(12)6-7-4-2-1-3-5-7/h1-5,8H,6,12H2/t8-/m0/s1. The van der Waals surface area contributed by atoms with Crippen molar-refractivity contribution in [2.75, 3.05) is 0 Å². The average Bonchev–Trinajstić information content (AvgIpc) is 2.18. The Morgan fingerprint density at radius 2 is 1.93 bits per heavy atom. The fourth-order valence-electron chi connectivity index (χ4n) is 1.13. The number of hydrogen-bond acceptors (Lipinski definition) is 4. The Morgan fingerprint density at radius 1 is 1.33 bits per heavy atom. The summed E-state index contributed by atoms with van der Waals surface area (Å²) >= 11 is 0. The van der Waals surface area contributed by atoms with Crippen molar-refractivity contribution in [3.63, 3.8) is 0 Å². The lowest BCUT2D eigenvalue weighted by molar-refractivity contribution is -0.137. The first-order chi connectivity index (χ1) is 7.09. The number of carbonyl (C=O) groups is 2. The molecule has 0 heterocycles. The molecule has 1 aromatic rings. The van der Waals surface area contributed by atoms with Gasteiger partial charge in [0.1, 0.15) is 6.04 Å². The van der Waals surface area contributed by atoms with E-state index in [-0.39, 0.29) is 0 Å². The van der Waals surface area contributed by atoms with Crippen LogP contribution in [0.1, 0.15) is 5.56 Å². The maximum atomic E-state index is 11.1. The molecule has 2 N–H and O–H groups in total. The first kappa shape index (κ1) is 11.5. The molecular weight excluding hydrogens is 193 g/mol. The molecule has 4 nitrogen and oxygen atoms in total. The largest absolute Gasteiger partial charge is 0.403 e. The highest BCUT2D eigenvalue weighted by atomic mass is 16.6. The van der Waals surface area contributed by atoms with E-state index in [0.29, 0.717) is 6.42 Å². The van der Waals surface area contributed by atoms with E-state index in [0.717, 1.165) is 5.56 Å². The van der Waals surface area contributed by atoms with Crippen LogP contribution < -0.4 is 5.73 Å². The minimum atomic E-state index is -1.14. The summed E-state index contributed by atoms with van der Waals surface area (Å²) in [6.07, 6.45) is 0.312. The third-order valence-corrected chi connectivity index (χ3v) is 1.80. The molecule has 0 fully saturated rings. The van der Waals surface area contributed by atoms with Crippen LogP contribution in [-0.4, -0.2) is 25.7 Å². The van der Waals surface area contributed by atoms with Crippen molar-refractivity contribution in [2.45, 2.75) is 12.5 Å². The zero-order chi connectivity index (χ0) is 11.3. The number of carbonyl (C=O) groups excluding carboxylic acids is 2. The highest BCUT2D eigenvalue weighted by Crippen LogP contribution is 2.02. The van der Waals surface area contributed by atoms with Gasteiger partial charge in [-0.25, -0.2) is 4.79 Å². The van der Waals surface area contributed by atoms with Gasteiger partial charge in [0.2, 0.25) is 13.7 Å². The molecule has 0 aliphatic rings. The van der Waals surface area contributed by atoms with Crippen molar-refractivity contribution in [1.82, 2.24) is 0 Å². The first-order valence-corrected chi connectivity index (χ1v) is 4.40. The van der Waals surface area contributed by atoms with Crippen molar-refractivity contribution in [2.24, 2.45) is 5.73 Å². The number of esters is 1. The predicted octanol–water partition coefficient (Wildman–Crippen LogP) is 0.388. The minimum absolute atomic E-state index is 0.312. The summed E-state index contributed by atoms with van der Waals surface area (Å²) in [5.74, 6) is -1.95. The second-order valence-corrected chi connectivity index (χ2v) is 3.04. The molecule has 0 amide bonds. The van der Waals surface area contributed by atoms with E-state index in [2.05, 4.69) is 12.6 Å². The third kappa shape index (κ3) is 3.95. The molecule has 1 aromatic carbocycles. The van der Waals surface area contributed by atoms with Gasteiger partial charge in [0, 0.05) is 0 Å². The molecule has 0 saturated heterocycles. The van der Waals surface area contributed by atoms with Crippen molar-refractivity contribution in [3.05, 3.63) is 35.9 Å². The molecule has 0 spiro atoms. The number of ether oxygens (including phenoxy) is 1. The summed E-state index contributed by atoms with van der Waals surface area (Å²) in [6.45, 7) is 0. The second kappa shape index (κ2) is 5.31. The van der Waals surface area contributed by atoms with Crippen LogP contribution >= 0.6 is 0 Å². The molecule has 0 aromatic heterocycles. The van der Waals surface area contributed by atoms with Gasteiger partial charge in [-0.05, 0) is 12.0 Å². The van der Waals surface area contributed by atoms with Gasteiger partial charge >= 0.3 is 5.97 Å². The van der Waals surface area contributed by atoms with E-state index in [1.54, 1.807) is 0 Å². The van der Waals surface area contributed by atoms with E-state index in [4.69, 9.17) is 5.73 Å². The zero-order valence-corrected chi connectivity index (χ0v) is 8.05. The fourth-order valence-corrected chi connectivity index (χ4v) is 1.13. The Balaban J connectivity index is 2.52. The molecule has 0 saturated carbocycles. The van der Waals surface area contributed by atoms with Crippen LogP contribution in [0.15, 0.2) is 30.3 Å². The van der Waals surface area contributed by atoms with E-state index in [9.17, 15) is 9.59 Å². The average molecular weight is 203 g/mol. The number of rotatable bonds is 3. The highest BCUT2D eigenvalue weighted by Gasteiger charge is 2.16. The maximum Gasteiger partial charge on any atom is 0.330 e. The van der Waals surface area contributed by atoms with Crippen LogP contribution in [0.5, 0.6) is 0 Å². The van der Waals surface area contributed by atoms with Crippen LogP contribution in [-0.2, 0) is 16.0 Å². The number of hydrogen-bond donors (Lipinski definition) is 1. The summed E-state index contributed by atoms with van der Waals surface area (Å²) in [7, 11) is 4.69. The summed E-state index contributed by atoms with van der Waals surface area (Å²) in [6, 6.07) is 8.31. The Bertz CT molecular complexity index is 353. The molecule has 1 rings (SSSR count). The highest BCUT2D eigenvalue weighted by molar-refractivity contribution is 6.56. The fraction of sp³-hybridized carbons (Fsp3) is 0.200. The van der Waals surface area contributed by atoms with Gasteiger partial charge in [-0.1, -0.05) is 30.3 Å². The van der Waals surface area contributed by atoms with Crippen LogP contribution in [0.3, 0.4) is 0 Å². The van der Waals surface area contributed by atoms with Crippen molar-refractivity contribution < 1.29 is 14.3 Å². The monoisotopic (exact) mass is 203 g/mol. The van der Waals surface area contributed by atoms with Crippen LogP contribution in [0.4, 0.5) is 4.79 Å². The van der Waals surface area contributed by atoms with Crippen molar-refractivity contribution in [3.8, 4) is 0 Å². The molecule has 0 aliphatic carbocycles. The van der Waals surface area contributed by atoms with Gasteiger partial charge in [-0.15, -0.1) is 0 Å². The second-order valence-electron chi connectivity index (χ2n) is 3.04. The lowest BCUT2D eigenvalue weighted by atomic mass is 10.1. The first-order valence-electron chi connectivity index (χ1n) is 4.40. The third-order valence-electron chi connectivity index (χ3n) is 1.80. The van der Waals surface area contributed by atoms with Crippen molar-refractivity contribution >= 4 is 19.7 Å². The Morgan fingerprint density at radius 3 is 2.47 bits per heavy atom. The van der Waals surface area contributed by atoms with E-state index in [1.165, 1.54) is 0 Å². The Labute approximate surface area is 88.8 Å². The molecule has 5 heteroatoms. The van der Waals surface area contributed by atoms with E-state index in [1.807, 2.05) is 30.3 Å². The SMILES string of the molecule is [B]C(=O)OC(=O)[C@@H](N)Cc1ccccc1. The van der Waals surface area contributed by atoms with Gasteiger partial charge in [-0.2, -0.15) is 0 Å². The molecule has 2 radical (unpaired) electrons. The summed E-state index contributed by atoms with van der Waals surface area (Å²) < 4.78 is 4.16. The summed E-state index contributed by atoms with van der Waals surface area (Å²) in [4.78, 5) is 21.4. The van der Waals surface area contributed by atoms with Gasteiger partial charge in [0.05, 0.1) is 0 Å². The van der Waals surface area contributed by atoms with E-state index < -0.39 is 17.9 Å². The van der Waals surface area contributed by atoms with Crippen molar-refractivity contribution in [1.29, 1.82) is 0 Å². The van der Waals surface area contributed by atoms with Crippen LogP contribution in [0.2, 0.25) is 0 Å². The van der Waals surface area contributed by atoms with E-state index >= 15 is 0 Å². The van der Waals surface area contributed by atoms with Gasteiger partial charge in [-0.3, -0.25) is 4.79 Å². The smallest absolute Gasteiger partial charge is 0.330 e. The maximum absolute atomic E-state index is 11.1. The Hall–Kier alpha value is -1.62. The normalized spacial score (nSPS) is 11.8. The summed E-state index contributed by atoms with van der Waals surface area (Å²) in [5, 5.41) is 0. The molecular formula is C10H10BNO3. The molecule has 15 heavy (non-hydrogen) atoms. The zero-order valence-electron chi connectivity index (χ0n) is 8.05. The quantitative estimate of drug-likeness (QED) is 0.438. The van der Waals surface area contributed by atoms with Crippen LogP contribution in [0.25, 0.3) is 0 Å². The predicted molar refractivity (Wildman–Crippen MR) is 55.4 cm³/mol. The Kier molecular flexibility index (Phi) is 4.06. The lowest BCUT2D eigenvalue weighted by Gasteiger charge is -2.09.